The lowest BCUT2D eigenvalue weighted by Gasteiger charge is -2.11. The molecule has 0 saturated carbocycles. The number of anilines is 2. The summed E-state index contributed by atoms with van der Waals surface area (Å²) in [5, 5.41) is 7.78. The number of ether oxygens (including phenoxy) is 1. The van der Waals surface area contributed by atoms with Crippen molar-refractivity contribution in [3.63, 3.8) is 0 Å². The van der Waals surface area contributed by atoms with Crippen molar-refractivity contribution >= 4 is 45.7 Å². The molecule has 30 heavy (non-hydrogen) atoms. The van der Waals surface area contributed by atoms with E-state index in [0.29, 0.717) is 17.4 Å². The molecule has 1 atom stereocenters. The van der Waals surface area contributed by atoms with E-state index in [0.717, 1.165) is 21.9 Å². The van der Waals surface area contributed by atoms with Crippen LogP contribution in [0, 0.1) is 0 Å². The zero-order valence-corrected chi connectivity index (χ0v) is 18.6. The van der Waals surface area contributed by atoms with Gasteiger partial charge in [0.15, 0.2) is 5.13 Å². The quantitative estimate of drug-likeness (QED) is 0.465. The Balaban J connectivity index is 1.60. The minimum atomic E-state index is -0.324. The molecule has 0 spiro atoms. The summed E-state index contributed by atoms with van der Waals surface area (Å²) in [6.07, 6.45) is 0. The number of thiazole rings is 1. The van der Waals surface area contributed by atoms with E-state index in [1.807, 2.05) is 67.8 Å². The highest BCUT2D eigenvalue weighted by atomic mass is 32.2. The first kappa shape index (κ1) is 21.9. The monoisotopic (exact) mass is 441 g/mol. The number of hydrogen-bond acceptors (Lipinski definition) is 6. The Morgan fingerprint density at radius 2 is 1.93 bits per heavy atom. The third-order valence-corrected chi connectivity index (χ3v) is 5.88. The fourth-order valence-corrected chi connectivity index (χ4v) is 4.32. The minimum absolute atomic E-state index is 0.127. The van der Waals surface area contributed by atoms with Crippen LogP contribution in [0.25, 0.3) is 11.3 Å². The molecule has 0 aliphatic carbocycles. The van der Waals surface area contributed by atoms with E-state index >= 15 is 0 Å². The molecule has 0 bridgehead atoms. The van der Waals surface area contributed by atoms with Crippen molar-refractivity contribution in [2.24, 2.45) is 0 Å². The molecule has 8 heteroatoms. The summed E-state index contributed by atoms with van der Waals surface area (Å²) in [6.45, 7) is 5.87. The Morgan fingerprint density at radius 3 is 2.63 bits per heavy atom. The second-order valence-electron chi connectivity index (χ2n) is 6.45. The summed E-state index contributed by atoms with van der Waals surface area (Å²) in [7, 11) is 0. The number of amides is 2. The first-order valence-electron chi connectivity index (χ1n) is 9.48. The molecule has 3 aromatic rings. The molecule has 0 aliphatic rings. The van der Waals surface area contributed by atoms with E-state index in [2.05, 4.69) is 15.6 Å². The Hall–Kier alpha value is -2.84. The molecule has 1 aromatic heterocycles. The molecule has 0 fully saturated rings. The summed E-state index contributed by atoms with van der Waals surface area (Å²) in [5.41, 5.74) is 2.48. The SMILES string of the molecule is CCOc1ccc(-c2csc(NC(=O)C(C)Sc3cccc(NC(C)=O)c3)n2)cc1. The second kappa shape index (κ2) is 10.3. The molecule has 0 saturated heterocycles. The maximum atomic E-state index is 12.6. The Bertz CT molecular complexity index is 1020. The average molecular weight is 442 g/mol. The van der Waals surface area contributed by atoms with E-state index in [1.165, 1.54) is 30.0 Å². The standard InChI is InChI=1S/C22H23N3O3S2/c1-4-28-18-10-8-16(9-11-18)20-13-29-22(24-20)25-21(27)14(2)30-19-7-5-6-17(12-19)23-15(3)26/h5-14H,4H2,1-3H3,(H,23,26)(H,24,25,27). The van der Waals surface area contributed by atoms with Gasteiger partial charge in [-0.2, -0.15) is 0 Å². The molecular formula is C22H23N3O3S2. The van der Waals surface area contributed by atoms with Crippen molar-refractivity contribution in [2.45, 2.75) is 30.9 Å². The van der Waals surface area contributed by atoms with Gasteiger partial charge in [0.05, 0.1) is 17.6 Å². The van der Waals surface area contributed by atoms with Gasteiger partial charge in [0, 0.05) is 28.5 Å². The number of thioether (sulfide) groups is 1. The lowest BCUT2D eigenvalue weighted by atomic mass is 10.2. The van der Waals surface area contributed by atoms with Crippen molar-refractivity contribution in [2.75, 3.05) is 17.2 Å². The van der Waals surface area contributed by atoms with Crippen LogP contribution >= 0.6 is 23.1 Å². The maximum absolute atomic E-state index is 12.6. The van der Waals surface area contributed by atoms with Crippen LogP contribution in [0.3, 0.4) is 0 Å². The average Bonchev–Trinajstić information content (AvgIpc) is 3.17. The van der Waals surface area contributed by atoms with Gasteiger partial charge in [-0.1, -0.05) is 6.07 Å². The van der Waals surface area contributed by atoms with Crippen LogP contribution in [0.1, 0.15) is 20.8 Å². The molecule has 2 amide bonds. The zero-order valence-electron chi connectivity index (χ0n) is 17.0. The Morgan fingerprint density at radius 1 is 1.17 bits per heavy atom. The van der Waals surface area contributed by atoms with Gasteiger partial charge in [0.2, 0.25) is 11.8 Å². The van der Waals surface area contributed by atoms with Gasteiger partial charge in [-0.25, -0.2) is 4.98 Å². The predicted octanol–water partition coefficient (Wildman–Crippen LogP) is 5.29. The Labute approximate surface area is 184 Å². The van der Waals surface area contributed by atoms with E-state index in [4.69, 9.17) is 4.74 Å². The number of carbonyl (C=O) groups excluding carboxylic acids is 2. The highest BCUT2D eigenvalue weighted by Gasteiger charge is 2.17. The third kappa shape index (κ3) is 6.08. The van der Waals surface area contributed by atoms with Crippen LogP contribution in [0.15, 0.2) is 58.8 Å². The largest absolute Gasteiger partial charge is 0.494 e. The van der Waals surface area contributed by atoms with Crippen molar-refractivity contribution in [1.82, 2.24) is 4.98 Å². The molecule has 3 rings (SSSR count). The van der Waals surface area contributed by atoms with Gasteiger partial charge in [-0.05, 0) is 56.3 Å². The molecule has 2 aromatic carbocycles. The number of nitrogens with one attached hydrogen (secondary N) is 2. The number of hydrogen-bond donors (Lipinski definition) is 2. The van der Waals surface area contributed by atoms with Crippen LogP contribution in [-0.4, -0.2) is 28.7 Å². The molecule has 1 unspecified atom stereocenters. The van der Waals surface area contributed by atoms with Crippen molar-refractivity contribution in [3.05, 3.63) is 53.9 Å². The molecule has 0 radical (unpaired) electrons. The fraction of sp³-hybridized carbons (Fsp3) is 0.227. The van der Waals surface area contributed by atoms with E-state index in [-0.39, 0.29) is 17.1 Å². The zero-order chi connectivity index (χ0) is 21.5. The lowest BCUT2D eigenvalue weighted by Crippen LogP contribution is -2.22. The molecular weight excluding hydrogens is 418 g/mol. The van der Waals surface area contributed by atoms with Gasteiger partial charge < -0.3 is 15.4 Å². The molecule has 6 nitrogen and oxygen atoms in total. The van der Waals surface area contributed by atoms with Crippen molar-refractivity contribution in [3.8, 4) is 17.0 Å². The molecule has 156 valence electrons. The Kier molecular flexibility index (Phi) is 7.48. The van der Waals surface area contributed by atoms with Crippen molar-refractivity contribution < 1.29 is 14.3 Å². The van der Waals surface area contributed by atoms with E-state index < -0.39 is 0 Å². The van der Waals surface area contributed by atoms with Gasteiger partial charge in [0.1, 0.15) is 5.75 Å². The molecule has 0 aliphatic heterocycles. The highest BCUT2D eigenvalue weighted by Crippen LogP contribution is 2.29. The van der Waals surface area contributed by atoms with Gasteiger partial charge in [-0.15, -0.1) is 23.1 Å². The van der Waals surface area contributed by atoms with Gasteiger partial charge in [0.25, 0.3) is 0 Å². The van der Waals surface area contributed by atoms with Crippen LogP contribution < -0.4 is 15.4 Å². The smallest absolute Gasteiger partial charge is 0.239 e. The van der Waals surface area contributed by atoms with Crippen LogP contribution in [0.4, 0.5) is 10.8 Å². The van der Waals surface area contributed by atoms with Crippen molar-refractivity contribution in [1.29, 1.82) is 0 Å². The topological polar surface area (TPSA) is 80.3 Å². The minimum Gasteiger partial charge on any atom is -0.494 e. The summed E-state index contributed by atoms with van der Waals surface area (Å²) in [6, 6.07) is 15.1. The number of benzene rings is 2. The molecule has 2 N–H and O–H groups in total. The van der Waals surface area contributed by atoms with E-state index in [9.17, 15) is 9.59 Å². The summed E-state index contributed by atoms with van der Waals surface area (Å²) in [5.74, 6) is 0.561. The fourth-order valence-electron chi connectivity index (χ4n) is 2.67. The maximum Gasteiger partial charge on any atom is 0.239 e. The number of carbonyl (C=O) groups is 2. The highest BCUT2D eigenvalue weighted by molar-refractivity contribution is 8.00. The first-order valence-corrected chi connectivity index (χ1v) is 11.2. The van der Waals surface area contributed by atoms with Crippen LogP contribution in [0.2, 0.25) is 0 Å². The summed E-state index contributed by atoms with van der Waals surface area (Å²) < 4.78 is 5.46. The lowest BCUT2D eigenvalue weighted by molar-refractivity contribution is -0.115. The first-order chi connectivity index (χ1) is 14.4. The molecule has 1 heterocycles. The van der Waals surface area contributed by atoms with E-state index in [1.54, 1.807) is 0 Å². The summed E-state index contributed by atoms with van der Waals surface area (Å²) in [4.78, 5) is 29.2. The van der Waals surface area contributed by atoms with Crippen LogP contribution in [0.5, 0.6) is 5.75 Å². The number of nitrogens with zero attached hydrogens (tertiary/aromatic N) is 1. The third-order valence-electron chi connectivity index (χ3n) is 4.03. The second-order valence-corrected chi connectivity index (χ2v) is 8.73. The van der Waals surface area contributed by atoms with Gasteiger partial charge >= 0.3 is 0 Å². The number of aromatic nitrogens is 1. The van der Waals surface area contributed by atoms with Crippen LogP contribution in [-0.2, 0) is 9.59 Å². The van der Waals surface area contributed by atoms with Gasteiger partial charge in [-0.3, -0.25) is 9.59 Å². The predicted molar refractivity (Wildman–Crippen MR) is 123 cm³/mol. The normalized spacial score (nSPS) is 11.6. The summed E-state index contributed by atoms with van der Waals surface area (Å²) >= 11 is 2.81. The number of rotatable bonds is 8.